The predicted molar refractivity (Wildman–Crippen MR) is 79.3 cm³/mol. The van der Waals surface area contributed by atoms with E-state index in [4.69, 9.17) is 5.73 Å². The van der Waals surface area contributed by atoms with Crippen molar-refractivity contribution in [3.8, 4) is 0 Å². The molecule has 2 aromatic rings. The lowest BCUT2D eigenvalue weighted by Crippen LogP contribution is -2.21. The van der Waals surface area contributed by atoms with Gasteiger partial charge in [0.25, 0.3) is 0 Å². The highest BCUT2D eigenvalue weighted by Crippen LogP contribution is 2.18. The molecule has 1 aromatic carbocycles. The van der Waals surface area contributed by atoms with Gasteiger partial charge in [-0.2, -0.15) is 0 Å². The molecule has 1 heterocycles. The van der Waals surface area contributed by atoms with Gasteiger partial charge in [0, 0.05) is 31.4 Å². The Kier molecular flexibility index (Phi) is 4.05. The minimum absolute atomic E-state index is 0.140. The lowest BCUT2D eigenvalue weighted by molar-refractivity contribution is 0.646. The minimum atomic E-state index is 0.140. The maximum Gasteiger partial charge on any atom is 0.110 e. The van der Waals surface area contributed by atoms with Crippen LogP contribution in [0.15, 0.2) is 24.5 Å². The van der Waals surface area contributed by atoms with E-state index in [0.717, 1.165) is 18.8 Å². The Bertz CT molecular complexity index is 544. The van der Waals surface area contributed by atoms with Crippen LogP contribution in [0.3, 0.4) is 0 Å². The molecule has 2 rings (SSSR count). The zero-order valence-corrected chi connectivity index (χ0v) is 12.3. The zero-order valence-electron chi connectivity index (χ0n) is 12.3. The SMILES string of the molecule is Cc1cc(C)c(Cn2ccnc2CC(C)N)c(C)c1. The second-order valence-electron chi connectivity index (χ2n) is 5.53. The number of nitrogens with two attached hydrogens (primary N) is 1. The van der Waals surface area contributed by atoms with Crippen LogP contribution in [-0.4, -0.2) is 15.6 Å². The molecule has 1 unspecified atom stereocenters. The van der Waals surface area contributed by atoms with Gasteiger partial charge in [0.05, 0.1) is 0 Å². The van der Waals surface area contributed by atoms with Crippen molar-refractivity contribution in [3.63, 3.8) is 0 Å². The van der Waals surface area contributed by atoms with E-state index < -0.39 is 0 Å². The summed E-state index contributed by atoms with van der Waals surface area (Å²) in [7, 11) is 0. The number of rotatable bonds is 4. The van der Waals surface area contributed by atoms with Gasteiger partial charge in [-0.3, -0.25) is 0 Å². The third-order valence-corrected chi connectivity index (χ3v) is 3.48. The molecule has 0 saturated heterocycles. The van der Waals surface area contributed by atoms with E-state index in [0.29, 0.717) is 0 Å². The molecule has 0 spiro atoms. The molecule has 0 saturated carbocycles. The van der Waals surface area contributed by atoms with E-state index in [2.05, 4.69) is 42.5 Å². The van der Waals surface area contributed by atoms with Gasteiger partial charge in [-0.15, -0.1) is 0 Å². The second-order valence-corrected chi connectivity index (χ2v) is 5.53. The number of aromatic nitrogens is 2. The van der Waals surface area contributed by atoms with E-state index in [9.17, 15) is 0 Å². The first-order valence-electron chi connectivity index (χ1n) is 6.79. The zero-order chi connectivity index (χ0) is 14.0. The van der Waals surface area contributed by atoms with Gasteiger partial charge >= 0.3 is 0 Å². The smallest absolute Gasteiger partial charge is 0.110 e. The predicted octanol–water partition coefficient (Wildman–Crippen LogP) is 2.75. The first-order valence-corrected chi connectivity index (χ1v) is 6.79. The molecule has 0 aliphatic carbocycles. The summed E-state index contributed by atoms with van der Waals surface area (Å²) in [6.07, 6.45) is 4.71. The normalized spacial score (nSPS) is 12.7. The van der Waals surface area contributed by atoms with Crippen LogP contribution in [-0.2, 0) is 13.0 Å². The van der Waals surface area contributed by atoms with Gasteiger partial charge in [0.2, 0.25) is 0 Å². The minimum Gasteiger partial charge on any atom is -0.330 e. The topological polar surface area (TPSA) is 43.8 Å². The third kappa shape index (κ3) is 3.24. The van der Waals surface area contributed by atoms with Crippen LogP contribution in [0, 0.1) is 20.8 Å². The maximum absolute atomic E-state index is 5.87. The van der Waals surface area contributed by atoms with Crippen LogP contribution in [0.1, 0.15) is 35.0 Å². The molecule has 1 aromatic heterocycles. The van der Waals surface area contributed by atoms with Crippen molar-refractivity contribution in [3.05, 3.63) is 52.6 Å². The van der Waals surface area contributed by atoms with E-state index >= 15 is 0 Å². The summed E-state index contributed by atoms with van der Waals surface area (Å²) in [5.41, 5.74) is 11.3. The summed E-state index contributed by atoms with van der Waals surface area (Å²) in [4.78, 5) is 4.41. The van der Waals surface area contributed by atoms with Crippen LogP contribution in [0.2, 0.25) is 0 Å². The fourth-order valence-electron chi connectivity index (χ4n) is 2.59. The number of hydrogen-bond acceptors (Lipinski definition) is 2. The largest absolute Gasteiger partial charge is 0.330 e. The van der Waals surface area contributed by atoms with E-state index in [1.165, 1.54) is 22.3 Å². The van der Waals surface area contributed by atoms with Crippen LogP contribution >= 0.6 is 0 Å². The molecular weight excluding hydrogens is 234 g/mol. The average Bonchev–Trinajstić information content (AvgIpc) is 2.70. The molecular formula is C16H23N3. The number of benzene rings is 1. The molecule has 3 heteroatoms. The lowest BCUT2D eigenvalue weighted by Gasteiger charge is -2.14. The fraction of sp³-hybridized carbons (Fsp3) is 0.438. The monoisotopic (exact) mass is 257 g/mol. The highest BCUT2D eigenvalue weighted by molar-refractivity contribution is 5.37. The number of imidazole rings is 1. The van der Waals surface area contributed by atoms with Crippen molar-refractivity contribution in [2.75, 3.05) is 0 Å². The van der Waals surface area contributed by atoms with E-state index in [1.54, 1.807) is 0 Å². The van der Waals surface area contributed by atoms with Gasteiger partial charge in [0.15, 0.2) is 0 Å². The molecule has 3 nitrogen and oxygen atoms in total. The molecule has 2 N–H and O–H groups in total. The molecule has 102 valence electrons. The molecule has 0 aliphatic heterocycles. The van der Waals surface area contributed by atoms with Crippen LogP contribution in [0.25, 0.3) is 0 Å². The number of aryl methyl sites for hydroxylation is 3. The number of hydrogen-bond donors (Lipinski definition) is 1. The summed E-state index contributed by atoms with van der Waals surface area (Å²) in [6.45, 7) is 9.39. The lowest BCUT2D eigenvalue weighted by atomic mass is 10.00. The Morgan fingerprint density at radius 2 is 1.84 bits per heavy atom. The molecule has 0 bridgehead atoms. The Balaban J connectivity index is 2.29. The van der Waals surface area contributed by atoms with Crippen molar-refractivity contribution < 1.29 is 0 Å². The van der Waals surface area contributed by atoms with Crippen LogP contribution in [0.4, 0.5) is 0 Å². The van der Waals surface area contributed by atoms with Gasteiger partial charge in [0.1, 0.15) is 5.82 Å². The van der Waals surface area contributed by atoms with E-state index in [-0.39, 0.29) is 6.04 Å². The average molecular weight is 257 g/mol. The van der Waals surface area contributed by atoms with Gasteiger partial charge in [-0.25, -0.2) is 4.98 Å². The quantitative estimate of drug-likeness (QED) is 0.915. The summed E-state index contributed by atoms with van der Waals surface area (Å²) < 4.78 is 2.20. The molecule has 0 fully saturated rings. The molecule has 1 atom stereocenters. The molecule has 0 amide bonds. The van der Waals surface area contributed by atoms with Gasteiger partial charge < -0.3 is 10.3 Å². The fourth-order valence-corrected chi connectivity index (χ4v) is 2.59. The third-order valence-electron chi connectivity index (χ3n) is 3.48. The Labute approximate surface area is 115 Å². The van der Waals surface area contributed by atoms with Crippen LogP contribution < -0.4 is 5.73 Å². The highest BCUT2D eigenvalue weighted by atomic mass is 15.1. The molecule has 19 heavy (non-hydrogen) atoms. The number of nitrogens with zero attached hydrogens (tertiary/aromatic N) is 2. The first kappa shape index (κ1) is 13.8. The first-order chi connectivity index (χ1) is 8.97. The molecule has 0 aliphatic rings. The van der Waals surface area contributed by atoms with Crippen molar-refractivity contribution in [1.82, 2.24) is 9.55 Å². The maximum atomic E-state index is 5.87. The summed E-state index contributed by atoms with van der Waals surface area (Å²) in [5.74, 6) is 1.06. The van der Waals surface area contributed by atoms with Crippen LogP contribution in [0.5, 0.6) is 0 Å². The standard InChI is InChI=1S/C16H23N3/c1-11-7-12(2)15(13(3)8-11)10-19-6-5-18-16(19)9-14(4)17/h5-8,14H,9-10,17H2,1-4H3. The Morgan fingerprint density at radius 1 is 1.21 bits per heavy atom. The molecule has 0 radical (unpaired) electrons. The van der Waals surface area contributed by atoms with Gasteiger partial charge in [-0.05, 0) is 44.4 Å². The highest BCUT2D eigenvalue weighted by Gasteiger charge is 2.09. The van der Waals surface area contributed by atoms with Crippen molar-refractivity contribution in [2.45, 2.75) is 46.7 Å². The van der Waals surface area contributed by atoms with Gasteiger partial charge in [-0.1, -0.05) is 17.7 Å². The van der Waals surface area contributed by atoms with E-state index in [1.807, 2.05) is 19.3 Å². The summed E-state index contributed by atoms with van der Waals surface area (Å²) >= 11 is 0. The Morgan fingerprint density at radius 3 is 2.42 bits per heavy atom. The summed E-state index contributed by atoms with van der Waals surface area (Å²) in [5, 5.41) is 0. The summed E-state index contributed by atoms with van der Waals surface area (Å²) in [6, 6.07) is 4.62. The second kappa shape index (κ2) is 5.57. The Hall–Kier alpha value is -1.61. The van der Waals surface area contributed by atoms with Crippen molar-refractivity contribution in [1.29, 1.82) is 0 Å². The van der Waals surface area contributed by atoms with Crippen molar-refractivity contribution >= 4 is 0 Å². The van der Waals surface area contributed by atoms with Crippen molar-refractivity contribution in [2.24, 2.45) is 5.73 Å².